The molecule has 0 aromatic carbocycles. The maximum Gasteiger partial charge on any atom is 0.321 e. The van der Waals surface area contributed by atoms with Crippen molar-refractivity contribution < 1.29 is 9.90 Å². The first kappa shape index (κ1) is 11.5. The SMILES string of the molecule is CN(C)C(C(=O)O)C1CCCCCC1. The van der Waals surface area contributed by atoms with Gasteiger partial charge in [0.25, 0.3) is 0 Å². The van der Waals surface area contributed by atoms with Gasteiger partial charge in [-0.25, -0.2) is 0 Å². The molecule has 14 heavy (non-hydrogen) atoms. The molecule has 1 aliphatic carbocycles. The Morgan fingerprint density at radius 1 is 1.21 bits per heavy atom. The number of rotatable bonds is 3. The fourth-order valence-electron chi connectivity index (χ4n) is 2.47. The fraction of sp³-hybridized carbons (Fsp3) is 0.909. The van der Waals surface area contributed by atoms with Crippen molar-refractivity contribution in [3.05, 3.63) is 0 Å². The molecule has 82 valence electrons. The minimum Gasteiger partial charge on any atom is -0.480 e. The molecule has 0 spiro atoms. The summed E-state index contributed by atoms with van der Waals surface area (Å²) >= 11 is 0. The smallest absolute Gasteiger partial charge is 0.321 e. The van der Waals surface area contributed by atoms with Gasteiger partial charge in [0.1, 0.15) is 6.04 Å². The second-order valence-electron chi connectivity index (χ2n) is 4.50. The van der Waals surface area contributed by atoms with E-state index in [0.717, 1.165) is 12.8 Å². The van der Waals surface area contributed by atoms with E-state index in [4.69, 9.17) is 5.11 Å². The maximum atomic E-state index is 11.1. The van der Waals surface area contributed by atoms with E-state index in [1.807, 2.05) is 19.0 Å². The van der Waals surface area contributed by atoms with Crippen LogP contribution < -0.4 is 0 Å². The highest BCUT2D eigenvalue weighted by atomic mass is 16.4. The van der Waals surface area contributed by atoms with Crippen molar-refractivity contribution in [3.63, 3.8) is 0 Å². The van der Waals surface area contributed by atoms with Crippen molar-refractivity contribution in [2.75, 3.05) is 14.1 Å². The van der Waals surface area contributed by atoms with Gasteiger partial charge in [-0.2, -0.15) is 0 Å². The van der Waals surface area contributed by atoms with E-state index in [2.05, 4.69) is 0 Å². The molecule has 0 aromatic rings. The van der Waals surface area contributed by atoms with Crippen LogP contribution in [0, 0.1) is 5.92 Å². The Balaban J connectivity index is 2.60. The van der Waals surface area contributed by atoms with Gasteiger partial charge in [0.05, 0.1) is 0 Å². The first-order valence-corrected chi connectivity index (χ1v) is 5.52. The Morgan fingerprint density at radius 2 is 1.71 bits per heavy atom. The largest absolute Gasteiger partial charge is 0.480 e. The van der Waals surface area contributed by atoms with Crippen molar-refractivity contribution in [2.24, 2.45) is 5.92 Å². The number of carboxylic acid groups (broad SMARTS) is 1. The number of carboxylic acids is 1. The Labute approximate surface area is 86.1 Å². The highest BCUT2D eigenvalue weighted by Crippen LogP contribution is 2.27. The van der Waals surface area contributed by atoms with E-state index in [0.29, 0.717) is 5.92 Å². The van der Waals surface area contributed by atoms with E-state index < -0.39 is 5.97 Å². The van der Waals surface area contributed by atoms with E-state index >= 15 is 0 Å². The monoisotopic (exact) mass is 199 g/mol. The van der Waals surface area contributed by atoms with Crippen LogP contribution in [-0.2, 0) is 4.79 Å². The van der Waals surface area contributed by atoms with Gasteiger partial charge in [0, 0.05) is 0 Å². The third kappa shape index (κ3) is 2.98. The van der Waals surface area contributed by atoms with Crippen LogP contribution in [0.4, 0.5) is 0 Å². The predicted molar refractivity (Wildman–Crippen MR) is 56.3 cm³/mol. The highest BCUT2D eigenvalue weighted by Gasteiger charge is 2.29. The van der Waals surface area contributed by atoms with Crippen LogP contribution in [-0.4, -0.2) is 36.1 Å². The van der Waals surface area contributed by atoms with Gasteiger partial charge in [0.2, 0.25) is 0 Å². The summed E-state index contributed by atoms with van der Waals surface area (Å²) in [5, 5.41) is 9.15. The zero-order valence-corrected chi connectivity index (χ0v) is 9.20. The molecule has 0 heterocycles. The zero-order valence-electron chi connectivity index (χ0n) is 9.20. The molecule has 0 radical (unpaired) electrons. The summed E-state index contributed by atoms with van der Waals surface area (Å²) in [7, 11) is 3.73. The number of carbonyl (C=O) groups is 1. The number of hydrogen-bond acceptors (Lipinski definition) is 2. The quantitative estimate of drug-likeness (QED) is 0.706. The van der Waals surface area contributed by atoms with Crippen LogP contribution in [0.15, 0.2) is 0 Å². The lowest BCUT2D eigenvalue weighted by atomic mass is 9.91. The van der Waals surface area contributed by atoms with Gasteiger partial charge in [-0.05, 0) is 32.9 Å². The van der Waals surface area contributed by atoms with Crippen molar-refractivity contribution in [1.82, 2.24) is 4.90 Å². The number of likely N-dealkylation sites (N-methyl/N-ethyl adjacent to an activating group) is 1. The standard InChI is InChI=1S/C11H21NO2/c1-12(2)10(11(13)14)9-7-5-3-4-6-8-9/h9-10H,3-8H2,1-2H3,(H,13,14). The minimum absolute atomic E-state index is 0.284. The molecular formula is C11H21NO2. The third-order valence-electron chi connectivity index (χ3n) is 3.16. The summed E-state index contributed by atoms with van der Waals surface area (Å²) in [6, 6.07) is -0.284. The first-order chi connectivity index (χ1) is 6.63. The van der Waals surface area contributed by atoms with Gasteiger partial charge in [-0.1, -0.05) is 25.7 Å². The minimum atomic E-state index is -0.665. The average Bonchev–Trinajstić information content (AvgIpc) is 2.31. The lowest BCUT2D eigenvalue weighted by Crippen LogP contribution is -2.41. The molecule has 1 N–H and O–H groups in total. The summed E-state index contributed by atoms with van der Waals surface area (Å²) in [6.45, 7) is 0. The second-order valence-corrected chi connectivity index (χ2v) is 4.50. The van der Waals surface area contributed by atoms with Crippen LogP contribution in [0.2, 0.25) is 0 Å². The molecule has 1 unspecified atom stereocenters. The lowest BCUT2D eigenvalue weighted by molar-refractivity contribution is -0.144. The molecule has 0 saturated heterocycles. The average molecular weight is 199 g/mol. The number of nitrogens with zero attached hydrogens (tertiary/aromatic N) is 1. The van der Waals surface area contributed by atoms with Crippen LogP contribution in [0.25, 0.3) is 0 Å². The third-order valence-corrected chi connectivity index (χ3v) is 3.16. The Kier molecular flexibility index (Phi) is 4.39. The molecule has 0 amide bonds. The van der Waals surface area contributed by atoms with Crippen LogP contribution >= 0.6 is 0 Å². The molecule has 1 saturated carbocycles. The van der Waals surface area contributed by atoms with Crippen LogP contribution in [0.5, 0.6) is 0 Å². The topological polar surface area (TPSA) is 40.5 Å². The lowest BCUT2D eigenvalue weighted by Gasteiger charge is -2.28. The molecule has 3 heteroatoms. The van der Waals surface area contributed by atoms with Crippen molar-refractivity contribution in [3.8, 4) is 0 Å². The molecule has 1 aliphatic rings. The molecule has 0 aliphatic heterocycles. The zero-order chi connectivity index (χ0) is 10.6. The van der Waals surface area contributed by atoms with Gasteiger partial charge in [0.15, 0.2) is 0 Å². The van der Waals surface area contributed by atoms with E-state index in [1.54, 1.807) is 0 Å². The van der Waals surface area contributed by atoms with Gasteiger partial charge >= 0.3 is 5.97 Å². The molecule has 0 bridgehead atoms. The number of aliphatic carboxylic acids is 1. The number of hydrogen-bond donors (Lipinski definition) is 1. The summed E-state index contributed by atoms with van der Waals surface area (Å²) in [5.74, 6) is -0.313. The van der Waals surface area contributed by atoms with Crippen molar-refractivity contribution in [2.45, 2.75) is 44.6 Å². The Hall–Kier alpha value is -0.570. The second kappa shape index (κ2) is 5.35. The molecule has 3 nitrogen and oxygen atoms in total. The first-order valence-electron chi connectivity index (χ1n) is 5.52. The van der Waals surface area contributed by atoms with Gasteiger partial charge < -0.3 is 5.11 Å². The van der Waals surface area contributed by atoms with E-state index in [1.165, 1.54) is 25.7 Å². The summed E-state index contributed by atoms with van der Waals surface area (Å²) < 4.78 is 0. The Morgan fingerprint density at radius 3 is 2.07 bits per heavy atom. The highest BCUT2D eigenvalue weighted by molar-refractivity contribution is 5.73. The molecule has 0 aromatic heterocycles. The normalized spacial score (nSPS) is 21.9. The summed E-state index contributed by atoms with van der Waals surface area (Å²) in [6.07, 6.45) is 7.10. The van der Waals surface area contributed by atoms with Crippen molar-refractivity contribution in [1.29, 1.82) is 0 Å². The van der Waals surface area contributed by atoms with Crippen molar-refractivity contribution >= 4 is 5.97 Å². The molecule has 1 atom stereocenters. The van der Waals surface area contributed by atoms with E-state index in [9.17, 15) is 4.79 Å². The summed E-state index contributed by atoms with van der Waals surface area (Å²) in [4.78, 5) is 13.0. The van der Waals surface area contributed by atoms with E-state index in [-0.39, 0.29) is 6.04 Å². The fourth-order valence-corrected chi connectivity index (χ4v) is 2.47. The maximum absolute atomic E-state index is 11.1. The van der Waals surface area contributed by atoms with Crippen LogP contribution in [0.1, 0.15) is 38.5 Å². The predicted octanol–water partition coefficient (Wildman–Crippen LogP) is 1.97. The summed E-state index contributed by atoms with van der Waals surface area (Å²) in [5.41, 5.74) is 0. The Bertz CT molecular complexity index is 184. The van der Waals surface area contributed by atoms with Gasteiger partial charge in [-0.3, -0.25) is 9.69 Å². The van der Waals surface area contributed by atoms with Gasteiger partial charge in [-0.15, -0.1) is 0 Å². The molecule has 1 rings (SSSR count). The molecule has 1 fully saturated rings. The van der Waals surface area contributed by atoms with Crippen LogP contribution in [0.3, 0.4) is 0 Å². The molecular weight excluding hydrogens is 178 g/mol.